The molecule has 0 fully saturated rings. The van der Waals surface area contributed by atoms with Gasteiger partial charge in [-0.05, 0) is 128 Å². The molecular weight excluding hydrogens is 1020 g/mol. The molecule has 474 valence electrons. The maximum Gasteiger partial charge on any atom is 0.306 e. The SMILES string of the molecule is CC/C=C\C/C=C\C/C=C\C/C=C\C/C=C\C/C=C\CCCCCCC(=O)OC(COC(=O)CCCCCCCCC/C=C\C/C=C\C/C=C\CC)COC(=O)CCCCCCCCCCCCCCC/C=C\CCCCCCCCCC. The van der Waals surface area contributed by atoms with Gasteiger partial charge >= 0.3 is 17.9 Å². The fraction of sp³-hybridized carbons (Fsp3) is 0.701. The van der Waals surface area contributed by atoms with Gasteiger partial charge in [0.05, 0.1) is 0 Å². The molecule has 83 heavy (non-hydrogen) atoms. The van der Waals surface area contributed by atoms with Crippen LogP contribution < -0.4 is 0 Å². The van der Waals surface area contributed by atoms with Crippen molar-refractivity contribution in [2.75, 3.05) is 13.2 Å². The van der Waals surface area contributed by atoms with Gasteiger partial charge in [0.2, 0.25) is 0 Å². The van der Waals surface area contributed by atoms with Gasteiger partial charge in [-0.1, -0.05) is 303 Å². The van der Waals surface area contributed by atoms with Gasteiger partial charge < -0.3 is 14.2 Å². The van der Waals surface area contributed by atoms with E-state index in [0.29, 0.717) is 19.3 Å². The van der Waals surface area contributed by atoms with Crippen molar-refractivity contribution in [3.05, 3.63) is 122 Å². The number of ether oxygens (including phenoxy) is 3. The fourth-order valence-electron chi connectivity index (χ4n) is 9.75. The Morgan fingerprint density at radius 3 is 0.747 bits per heavy atom. The number of carbonyl (C=O) groups is 3. The molecular formula is C77H130O6. The molecule has 0 amide bonds. The number of hydrogen-bond acceptors (Lipinski definition) is 6. The number of carbonyl (C=O) groups excluding carboxylic acids is 3. The van der Waals surface area contributed by atoms with Crippen LogP contribution in [0.4, 0.5) is 0 Å². The number of unbranched alkanes of at least 4 members (excludes halogenated alkanes) is 32. The summed E-state index contributed by atoms with van der Waals surface area (Å²) < 4.78 is 17.0. The van der Waals surface area contributed by atoms with Gasteiger partial charge in [0.15, 0.2) is 6.10 Å². The lowest BCUT2D eigenvalue weighted by Gasteiger charge is -2.18. The van der Waals surface area contributed by atoms with E-state index in [9.17, 15) is 14.4 Å². The van der Waals surface area contributed by atoms with Crippen LogP contribution in [0.5, 0.6) is 0 Å². The maximum atomic E-state index is 13.0. The Labute approximate surface area is 513 Å². The van der Waals surface area contributed by atoms with Crippen LogP contribution in [0.3, 0.4) is 0 Å². The maximum absolute atomic E-state index is 13.0. The Morgan fingerprint density at radius 2 is 0.470 bits per heavy atom. The second kappa shape index (κ2) is 70.3. The molecule has 0 aliphatic rings. The lowest BCUT2D eigenvalue weighted by Crippen LogP contribution is -2.30. The molecule has 0 radical (unpaired) electrons. The first-order valence-electron chi connectivity index (χ1n) is 35.0. The zero-order valence-electron chi connectivity index (χ0n) is 54.4. The van der Waals surface area contributed by atoms with E-state index in [1.165, 1.54) is 154 Å². The predicted octanol–water partition coefficient (Wildman–Crippen LogP) is 24.3. The molecule has 0 aromatic rings. The summed E-state index contributed by atoms with van der Waals surface area (Å²) in [5.74, 6) is -0.918. The average molecular weight is 1150 g/mol. The van der Waals surface area contributed by atoms with E-state index >= 15 is 0 Å². The lowest BCUT2D eigenvalue weighted by molar-refractivity contribution is -0.167. The Hall–Kier alpha value is -4.19. The monoisotopic (exact) mass is 1150 g/mol. The normalized spacial score (nSPS) is 12.9. The Kier molecular flexibility index (Phi) is 66.7. The summed E-state index contributed by atoms with van der Waals surface area (Å²) in [4.78, 5) is 38.5. The topological polar surface area (TPSA) is 78.9 Å². The second-order valence-electron chi connectivity index (χ2n) is 23.0. The number of esters is 3. The Morgan fingerprint density at radius 1 is 0.253 bits per heavy atom. The molecule has 0 aliphatic carbocycles. The standard InChI is InChI=1S/C77H130O6/c1-4-7-10-13-16-19-22-25-28-31-33-35-37-38-40-41-43-46-49-52-55-58-61-64-67-70-76(79)82-73-74(72-81-75(78)69-66-63-60-57-54-51-48-45-30-27-24-21-18-15-12-9-6-3)83-77(80)71-68-65-62-59-56-53-50-47-44-42-39-36-34-32-29-26-23-20-17-14-11-8-5-2/h8-9,11-12,17-18,20-21,26-27,29-31,33-34,36,42,44,50,53,74H,4-7,10,13-16,19,22-25,28,32,35,37-41,43,45-49,51-52,54-73H2,1-3H3/b11-8-,12-9-,20-17-,21-18-,29-26-,30-27-,33-31-,36-34-,44-42-,53-50-. The molecule has 0 bridgehead atoms. The highest BCUT2D eigenvalue weighted by molar-refractivity contribution is 5.71. The van der Waals surface area contributed by atoms with Gasteiger partial charge in [0, 0.05) is 19.3 Å². The highest BCUT2D eigenvalue weighted by atomic mass is 16.6. The van der Waals surface area contributed by atoms with Crippen LogP contribution in [0.25, 0.3) is 0 Å². The van der Waals surface area contributed by atoms with Crippen LogP contribution in [0.15, 0.2) is 122 Å². The van der Waals surface area contributed by atoms with Crippen molar-refractivity contribution < 1.29 is 28.6 Å². The van der Waals surface area contributed by atoms with Crippen LogP contribution >= 0.6 is 0 Å². The van der Waals surface area contributed by atoms with Crippen molar-refractivity contribution in [3.63, 3.8) is 0 Å². The van der Waals surface area contributed by atoms with Crippen LogP contribution in [-0.4, -0.2) is 37.2 Å². The minimum atomic E-state index is -0.802. The van der Waals surface area contributed by atoms with Crippen molar-refractivity contribution in [1.82, 2.24) is 0 Å². The third-order valence-corrected chi connectivity index (χ3v) is 14.9. The predicted molar refractivity (Wildman–Crippen MR) is 362 cm³/mol. The fourth-order valence-corrected chi connectivity index (χ4v) is 9.75. The van der Waals surface area contributed by atoms with E-state index in [4.69, 9.17) is 14.2 Å². The van der Waals surface area contributed by atoms with E-state index in [1.54, 1.807) is 0 Å². The quantitative estimate of drug-likeness (QED) is 0.0261. The van der Waals surface area contributed by atoms with Gasteiger partial charge in [0.25, 0.3) is 0 Å². The van der Waals surface area contributed by atoms with Crippen molar-refractivity contribution in [2.24, 2.45) is 0 Å². The molecule has 1 unspecified atom stereocenters. The van der Waals surface area contributed by atoms with E-state index in [0.717, 1.165) is 135 Å². The molecule has 0 rings (SSSR count). The highest BCUT2D eigenvalue weighted by Crippen LogP contribution is 2.17. The van der Waals surface area contributed by atoms with Crippen LogP contribution in [0.1, 0.15) is 329 Å². The number of rotatable bonds is 63. The van der Waals surface area contributed by atoms with Gasteiger partial charge in [0.1, 0.15) is 13.2 Å². The lowest BCUT2D eigenvalue weighted by atomic mass is 10.0. The first-order chi connectivity index (χ1) is 41.0. The molecule has 0 aromatic heterocycles. The van der Waals surface area contributed by atoms with Gasteiger partial charge in [-0.25, -0.2) is 0 Å². The van der Waals surface area contributed by atoms with Crippen LogP contribution in [-0.2, 0) is 28.6 Å². The van der Waals surface area contributed by atoms with E-state index < -0.39 is 6.10 Å². The average Bonchev–Trinajstić information content (AvgIpc) is 3.49. The third kappa shape index (κ3) is 68.5. The van der Waals surface area contributed by atoms with Crippen molar-refractivity contribution >= 4 is 17.9 Å². The Bertz CT molecular complexity index is 1700. The molecule has 0 aliphatic heterocycles. The molecule has 0 aromatic carbocycles. The zero-order chi connectivity index (χ0) is 59.9. The van der Waals surface area contributed by atoms with Crippen molar-refractivity contribution in [1.29, 1.82) is 0 Å². The number of hydrogen-bond donors (Lipinski definition) is 0. The van der Waals surface area contributed by atoms with Gasteiger partial charge in [-0.3, -0.25) is 14.4 Å². The van der Waals surface area contributed by atoms with E-state index in [2.05, 4.69) is 142 Å². The van der Waals surface area contributed by atoms with Gasteiger partial charge in [-0.2, -0.15) is 0 Å². The van der Waals surface area contributed by atoms with Crippen LogP contribution in [0.2, 0.25) is 0 Å². The molecule has 0 saturated heterocycles. The molecule has 1 atom stereocenters. The molecule has 6 nitrogen and oxygen atoms in total. The summed E-state index contributed by atoms with van der Waals surface area (Å²) in [5, 5.41) is 0. The highest BCUT2D eigenvalue weighted by Gasteiger charge is 2.19. The molecule has 0 spiro atoms. The third-order valence-electron chi connectivity index (χ3n) is 14.9. The van der Waals surface area contributed by atoms with Gasteiger partial charge in [-0.15, -0.1) is 0 Å². The molecule has 0 N–H and O–H groups in total. The molecule has 0 heterocycles. The first-order valence-corrected chi connectivity index (χ1v) is 35.0. The largest absolute Gasteiger partial charge is 0.462 e. The second-order valence-corrected chi connectivity index (χ2v) is 23.0. The van der Waals surface area contributed by atoms with E-state index in [-0.39, 0.29) is 31.1 Å². The smallest absolute Gasteiger partial charge is 0.306 e. The summed E-state index contributed by atoms with van der Waals surface area (Å²) >= 11 is 0. The number of allylic oxidation sites excluding steroid dienone is 20. The summed E-state index contributed by atoms with van der Waals surface area (Å²) in [6.07, 6.45) is 97.9. The minimum Gasteiger partial charge on any atom is -0.462 e. The summed E-state index contributed by atoms with van der Waals surface area (Å²) in [7, 11) is 0. The summed E-state index contributed by atoms with van der Waals surface area (Å²) in [6.45, 7) is 6.42. The molecule has 6 heteroatoms. The minimum absolute atomic E-state index is 0.0929. The van der Waals surface area contributed by atoms with E-state index in [1.807, 2.05) is 0 Å². The van der Waals surface area contributed by atoms with Crippen LogP contribution in [0, 0.1) is 0 Å². The Balaban J connectivity index is 4.41. The van der Waals surface area contributed by atoms with Crippen molar-refractivity contribution in [3.8, 4) is 0 Å². The summed E-state index contributed by atoms with van der Waals surface area (Å²) in [5.41, 5.74) is 0. The van der Waals surface area contributed by atoms with Crippen molar-refractivity contribution in [2.45, 2.75) is 335 Å². The zero-order valence-corrected chi connectivity index (χ0v) is 54.4. The first kappa shape index (κ1) is 78.8. The molecule has 0 saturated carbocycles. The summed E-state index contributed by atoms with van der Waals surface area (Å²) in [6, 6.07) is 0.